The molecule has 0 aromatic heterocycles. The molecule has 3 nitrogen and oxygen atoms in total. The monoisotopic (exact) mass is 295 g/mol. The summed E-state index contributed by atoms with van der Waals surface area (Å²) in [4.78, 5) is 5.26. The minimum atomic E-state index is 0.190. The molecule has 124 valence electrons. The van der Waals surface area contributed by atoms with Crippen molar-refractivity contribution >= 4 is 0 Å². The van der Waals surface area contributed by atoms with Crippen molar-refractivity contribution in [2.75, 3.05) is 33.2 Å². The maximum atomic E-state index is 6.40. The van der Waals surface area contributed by atoms with Crippen LogP contribution in [0.4, 0.5) is 0 Å². The summed E-state index contributed by atoms with van der Waals surface area (Å²) in [5.41, 5.74) is 7.37. The molecule has 21 heavy (non-hydrogen) atoms. The molecule has 0 aromatic rings. The zero-order chi connectivity index (χ0) is 15.9. The van der Waals surface area contributed by atoms with Crippen LogP contribution in [0.25, 0.3) is 0 Å². The average molecular weight is 296 g/mol. The highest BCUT2D eigenvalue weighted by Gasteiger charge is 2.50. The molecule has 2 fully saturated rings. The molecule has 0 radical (unpaired) electrons. The van der Waals surface area contributed by atoms with Crippen LogP contribution in [0.3, 0.4) is 0 Å². The van der Waals surface area contributed by atoms with E-state index in [1.54, 1.807) is 0 Å². The molecule has 1 atom stereocenters. The van der Waals surface area contributed by atoms with Crippen LogP contribution in [0.1, 0.15) is 60.3 Å². The molecule has 0 aromatic carbocycles. The number of rotatable bonds is 2. The van der Waals surface area contributed by atoms with E-state index >= 15 is 0 Å². The Balaban J connectivity index is 2.31. The standard InChI is InChI=1S/C18H37N3/c1-15-10-20(6)8-7-9-21(15)18(14-19)12-16(2,3)11-17(4,5)13-18/h15H,7-14,19H2,1-6H3. The summed E-state index contributed by atoms with van der Waals surface area (Å²) >= 11 is 0. The quantitative estimate of drug-likeness (QED) is 0.850. The summed E-state index contributed by atoms with van der Waals surface area (Å²) in [5.74, 6) is 0. The molecule has 2 rings (SSSR count). The zero-order valence-corrected chi connectivity index (χ0v) is 15.2. The van der Waals surface area contributed by atoms with Crippen molar-refractivity contribution in [3.05, 3.63) is 0 Å². The van der Waals surface area contributed by atoms with Gasteiger partial charge in [0.2, 0.25) is 0 Å². The second-order valence-corrected chi connectivity index (χ2v) is 9.45. The van der Waals surface area contributed by atoms with Crippen molar-refractivity contribution in [2.45, 2.75) is 71.9 Å². The molecule has 1 aliphatic heterocycles. The lowest BCUT2D eigenvalue weighted by molar-refractivity contribution is -0.0583. The van der Waals surface area contributed by atoms with Crippen molar-refractivity contribution in [3.63, 3.8) is 0 Å². The van der Waals surface area contributed by atoms with Gasteiger partial charge in [-0.1, -0.05) is 27.7 Å². The van der Waals surface area contributed by atoms with Gasteiger partial charge in [0.1, 0.15) is 0 Å². The highest BCUT2D eigenvalue weighted by atomic mass is 15.3. The molecule has 3 heteroatoms. The smallest absolute Gasteiger partial charge is 0.0345 e. The van der Waals surface area contributed by atoms with Crippen molar-refractivity contribution in [3.8, 4) is 0 Å². The van der Waals surface area contributed by atoms with Crippen molar-refractivity contribution in [1.29, 1.82) is 0 Å². The minimum Gasteiger partial charge on any atom is -0.329 e. The summed E-state index contributed by atoms with van der Waals surface area (Å²) < 4.78 is 0. The molecular formula is C18H37N3. The Labute approximate surface area is 132 Å². The Kier molecular flexibility index (Phi) is 4.78. The van der Waals surface area contributed by atoms with E-state index in [0.717, 1.165) is 6.54 Å². The fraction of sp³-hybridized carbons (Fsp3) is 1.00. The van der Waals surface area contributed by atoms with Crippen LogP contribution in [0.2, 0.25) is 0 Å². The Morgan fingerprint density at radius 1 is 1.00 bits per heavy atom. The highest BCUT2D eigenvalue weighted by molar-refractivity contribution is 5.06. The van der Waals surface area contributed by atoms with E-state index in [-0.39, 0.29) is 5.54 Å². The first-order chi connectivity index (χ1) is 9.59. The first-order valence-electron chi connectivity index (χ1n) is 8.75. The summed E-state index contributed by atoms with van der Waals surface area (Å²) in [6.45, 7) is 16.5. The predicted octanol–water partition coefficient (Wildman–Crippen LogP) is 2.95. The second-order valence-electron chi connectivity index (χ2n) is 9.45. The Bertz CT molecular complexity index is 345. The minimum absolute atomic E-state index is 0.190. The van der Waals surface area contributed by atoms with Gasteiger partial charge < -0.3 is 10.6 Å². The Morgan fingerprint density at radius 2 is 1.57 bits per heavy atom. The molecular weight excluding hydrogens is 258 g/mol. The van der Waals surface area contributed by atoms with E-state index in [4.69, 9.17) is 5.73 Å². The molecule has 1 aliphatic carbocycles. The SMILES string of the molecule is CC1CN(C)CCCN1C1(CN)CC(C)(C)CC(C)(C)C1. The number of hydrogen-bond acceptors (Lipinski definition) is 3. The van der Waals surface area contributed by atoms with Crippen LogP contribution in [0, 0.1) is 10.8 Å². The molecule has 1 saturated heterocycles. The topological polar surface area (TPSA) is 32.5 Å². The summed E-state index contributed by atoms with van der Waals surface area (Å²) in [6.07, 6.45) is 5.06. The summed E-state index contributed by atoms with van der Waals surface area (Å²) in [6, 6.07) is 0.603. The Hall–Kier alpha value is -0.120. The molecule has 2 N–H and O–H groups in total. The number of nitrogens with zero attached hydrogens (tertiary/aromatic N) is 2. The molecule has 1 heterocycles. The molecule has 0 amide bonds. The van der Waals surface area contributed by atoms with Gasteiger partial charge in [0.05, 0.1) is 0 Å². The maximum Gasteiger partial charge on any atom is 0.0345 e. The van der Waals surface area contributed by atoms with Gasteiger partial charge in [-0.2, -0.15) is 0 Å². The van der Waals surface area contributed by atoms with E-state index in [2.05, 4.69) is 51.5 Å². The third kappa shape index (κ3) is 3.80. The van der Waals surface area contributed by atoms with E-state index in [1.165, 1.54) is 45.3 Å². The fourth-order valence-corrected chi connectivity index (χ4v) is 5.81. The fourth-order valence-electron chi connectivity index (χ4n) is 5.81. The van der Waals surface area contributed by atoms with E-state index in [9.17, 15) is 0 Å². The first kappa shape index (κ1) is 17.2. The van der Waals surface area contributed by atoms with Gasteiger partial charge in [0.15, 0.2) is 0 Å². The normalized spacial score (nSPS) is 33.6. The largest absolute Gasteiger partial charge is 0.329 e. The molecule has 0 bridgehead atoms. The van der Waals surface area contributed by atoms with Crippen molar-refractivity contribution in [2.24, 2.45) is 16.6 Å². The number of hydrogen-bond donors (Lipinski definition) is 1. The summed E-state index contributed by atoms with van der Waals surface area (Å²) in [5, 5.41) is 0. The number of nitrogens with two attached hydrogens (primary N) is 1. The maximum absolute atomic E-state index is 6.40. The molecule has 0 spiro atoms. The van der Waals surface area contributed by atoms with Crippen molar-refractivity contribution < 1.29 is 0 Å². The van der Waals surface area contributed by atoms with E-state index in [0.29, 0.717) is 16.9 Å². The van der Waals surface area contributed by atoms with Gasteiger partial charge in [-0.05, 0) is 57.0 Å². The molecule has 2 aliphatic rings. The van der Waals surface area contributed by atoms with Gasteiger partial charge >= 0.3 is 0 Å². The van der Waals surface area contributed by atoms with Crippen LogP contribution in [0.5, 0.6) is 0 Å². The van der Waals surface area contributed by atoms with Gasteiger partial charge in [-0.3, -0.25) is 4.90 Å². The van der Waals surface area contributed by atoms with Crippen molar-refractivity contribution in [1.82, 2.24) is 9.80 Å². The average Bonchev–Trinajstić information content (AvgIpc) is 2.46. The van der Waals surface area contributed by atoms with Gasteiger partial charge in [-0.25, -0.2) is 0 Å². The Morgan fingerprint density at radius 3 is 2.10 bits per heavy atom. The lowest BCUT2D eigenvalue weighted by atomic mass is 9.57. The van der Waals surface area contributed by atoms with E-state index in [1.807, 2.05) is 0 Å². The van der Waals surface area contributed by atoms with Gasteiger partial charge in [0.25, 0.3) is 0 Å². The van der Waals surface area contributed by atoms with Crippen LogP contribution >= 0.6 is 0 Å². The number of likely N-dealkylation sites (N-methyl/N-ethyl adjacent to an activating group) is 1. The third-order valence-corrected chi connectivity index (χ3v) is 5.61. The van der Waals surface area contributed by atoms with Gasteiger partial charge in [-0.15, -0.1) is 0 Å². The van der Waals surface area contributed by atoms with Crippen LogP contribution in [0.15, 0.2) is 0 Å². The zero-order valence-electron chi connectivity index (χ0n) is 15.2. The van der Waals surface area contributed by atoms with Crippen LogP contribution < -0.4 is 5.73 Å². The van der Waals surface area contributed by atoms with Crippen LogP contribution in [-0.2, 0) is 0 Å². The third-order valence-electron chi connectivity index (χ3n) is 5.61. The predicted molar refractivity (Wildman–Crippen MR) is 91.5 cm³/mol. The molecule has 1 unspecified atom stereocenters. The first-order valence-corrected chi connectivity index (χ1v) is 8.75. The van der Waals surface area contributed by atoms with Crippen LogP contribution in [-0.4, -0.2) is 54.6 Å². The van der Waals surface area contributed by atoms with Gasteiger partial charge in [0, 0.05) is 31.2 Å². The van der Waals surface area contributed by atoms with E-state index < -0.39 is 0 Å². The lowest BCUT2D eigenvalue weighted by Gasteiger charge is -2.57. The lowest BCUT2D eigenvalue weighted by Crippen LogP contribution is -2.63. The highest BCUT2D eigenvalue weighted by Crippen LogP contribution is 2.52. The summed E-state index contributed by atoms with van der Waals surface area (Å²) in [7, 11) is 2.25. The molecule has 1 saturated carbocycles. The second kappa shape index (κ2) is 5.82.